The van der Waals surface area contributed by atoms with Gasteiger partial charge >= 0.3 is 0 Å². The van der Waals surface area contributed by atoms with E-state index in [-0.39, 0.29) is 17.8 Å². The molecule has 17 heavy (non-hydrogen) atoms. The second-order valence-electron chi connectivity index (χ2n) is 3.56. The quantitative estimate of drug-likeness (QED) is 0.301. The van der Waals surface area contributed by atoms with Crippen molar-refractivity contribution < 1.29 is 9.59 Å². The van der Waals surface area contributed by atoms with Crippen LogP contribution in [0.5, 0.6) is 0 Å². The SMILES string of the molecule is NNc1nccc(NC2CCC(=O)NC2=O)n1. The molecule has 1 aliphatic heterocycles. The maximum atomic E-state index is 11.5. The summed E-state index contributed by atoms with van der Waals surface area (Å²) in [5.74, 6) is 5.30. The van der Waals surface area contributed by atoms with E-state index in [9.17, 15) is 9.59 Å². The monoisotopic (exact) mass is 236 g/mol. The lowest BCUT2D eigenvalue weighted by Crippen LogP contribution is -2.47. The standard InChI is InChI=1S/C9H12N6O2/c10-15-9-11-4-3-6(13-9)12-5-1-2-7(16)14-8(5)17/h3-5H,1-2,10H2,(H,14,16,17)(H2,11,12,13,15). The number of carbonyl (C=O) groups excluding carboxylic acids is 2. The van der Waals surface area contributed by atoms with Gasteiger partial charge in [0.05, 0.1) is 0 Å². The molecule has 1 fully saturated rings. The molecule has 0 radical (unpaired) electrons. The molecule has 8 nitrogen and oxygen atoms in total. The third kappa shape index (κ3) is 2.67. The molecular weight excluding hydrogens is 224 g/mol. The molecule has 0 aliphatic carbocycles. The molecule has 0 aromatic carbocycles. The molecule has 90 valence electrons. The second kappa shape index (κ2) is 4.74. The minimum absolute atomic E-state index is 0.250. The lowest BCUT2D eigenvalue weighted by atomic mass is 10.1. The van der Waals surface area contributed by atoms with Crippen LogP contribution in [-0.2, 0) is 9.59 Å². The molecule has 1 atom stereocenters. The van der Waals surface area contributed by atoms with Crippen LogP contribution in [-0.4, -0.2) is 27.8 Å². The Labute approximate surface area is 97.0 Å². The molecular formula is C9H12N6O2. The van der Waals surface area contributed by atoms with Gasteiger partial charge in [0.15, 0.2) is 0 Å². The Hall–Kier alpha value is -2.22. The summed E-state index contributed by atoms with van der Waals surface area (Å²) in [6, 6.07) is 1.15. The first-order valence-corrected chi connectivity index (χ1v) is 5.09. The topological polar surface area (TPSA) is 122 Å². The van der Waals surface area contributed by atoms with Gasteiger partial charge in [0.25, 0.3) is 0 Å². The smallest absolute Gasteiger partial charge is 0.249 e. The van der Waals surface area contributed by atoms with Crippen molar-refractivity contribution in [3.63, 3.8) is 0 Å². The van der Waals surface area contributed by atoms with Crippen LogP contribution < -0.4 is 21.9 Å². The molecule has 0 spiro atoms. The van der Waals surface area contributed by atoms with Crippen LogP contribution >= 0.6 is 0 Å². The van der Waals surface area contributed by atoms with Crippen LogP contribution in [0.25, 0.3) is 0 Å². The van der Waals surface area contributed by atoms with Crippen molar-refractivity contribution in [3.8, 4) is 0 Å². The highest BCUT2D eigenvalue weighted by Crippen LogP contribution is 2.12. The number of nitrogens with one attached hydrogen (secondary N) is 3. The van der Waals surface area contributed by atoms with E-state index in [0.717, 1.165) is 0 Å². The molecule has 2 rings (SSSR count). The van der Waals surface area contributed by atoms with E-state index < -0.39 is 6.04 Å². The molecule has 1 aromatic rings. The van der Waals surface area contributed by atoms with Gasteiger partial charge < -0.3 is 5.32 Å². The van der Waals surface area contributed by atoms with E-state index in [2.05, 4.69) is 26.0 Å². The highest BCUT2D eigenvalue weighted by molar-refractivity contribution is 6.01. The van der Waals surface area contributed by atoms with Gasteiger partial charge in [-0.25, -0.2) is 10.8 Å². The fourth-order valence-corrected chi connectivity index (χ4v) is 1.52. The van der Waals surface area contributed by atoms with Crippen molar-refractivity contribution in [2.24, 2.45) is 5.84 Å². The van der Waals surface area contributed by atoms with Crippen molar-refractivity contribution in [3.05, 3.63) is 12.3 Å². The number of nitrogen functional groups attached to an aromatic ring is 1. The van der Waals surface area contributed by atoms with E-state index in [4.69, 9.17) is 5.84 Å². The minimum Gasteiger partial charge on any atom is -0.358 e. The van der Waals surface area contributed by atoms with Crippen LogP contribution in [0.4, 0.5) is 11.8 Å². The van der Waals surface area contributed by atoms with Gasteiger partial charge in [0, 0.05) is 12.6 Å². The van der Waals surface area contributed by atoms with Crippen LogP contribution in [0, 0.1) is 0 Å². The summed E-state index contributed by atoms with van der Waals surface area (Å²) in [6.07, 6.45) is 2.27. The summed E-state index contributed by atoms with van der Waals surface area (Å²) < 4.78 is 0. The first-order valence-electron chi connectivity index (χ1n) is 5.09. The zero-order chi connectivity index (χ0) is 12.3. The molecule has 8 heteroatoms. The molecule has 0 saturated carbocycles. The van der Waals surface area contributed by atoms with Crippen molar-refractivity contribution in [1.82, 2.24) is 15.3 Å². The van der Waals surface area contributed by atoms with E-state index in [1.165, 1.54) is 6.20 Å². The summed E-state index contributed by atoms with van der Waals surface area (Å²) in [4.78, 5) is 30.3. The molecule has 0 bridgehead atoms. The number of amides is 2. The average molecular weight is 236 g/mol. The van der Waals surface area contributed by atoms with E-state index in [1.807, 2.05) is 0 Å². The highest BCUT2D eigenvalue weighted by Gasteiger charge is 2.26. The van der Waals surface area contributed by atoms with Crippen molar-refractivity contribution >= 4 is 23.6 Å². The first kappa shape index (κ1) is 11.3. The highest BCUT2D eigenvalue weighted by atomic mass is 16.2. The number of hydrogen-bond acceptors (Lipinski definition) is 7. The third-order valence-electron chi connectivity index (χ3n) is 2.35. The number of aromatic nitrogens is 2. The number of rotatable bonds is 3. The number of nitrogens with two attached hydrogens (primary N) is 1. The number of hydrogen-bond donors (Lipinski definition) is 4. The zero-order valence-electron chi connectivity index (χ0n) is 8.93. The fourth-order valence-electron chi connectivity index (χ4n) is 1.52. The summed E-state index contributed by atoms with van der Waals surface area (Å²) in [5, 5.41) is 5.17. The van der Waals surface area contributed by atoms with Gasteiger partial charge in [-0.1, -0.05) is 0 Å². The van der Waals surface area contributed by atoms with Crippen molar-refractivity contribution in [2.45, 2.75) is 18.9 Å². The Bertz CT molecular complexity index is 449. The van der Waals surface area contributed by atoms with Gasteiger partial charge in [-0.2, -0.15) is 4.98 Å². The summed E-state index contributed by atoms with van der Waals surface area (Å²) in [6.45, 7) is 0. The van der Waals surface area contributed by atoms with Crippen molar-refractivity contribution in [1.29, 1.82) is 0 Å². The van der Waals surface area contributed by atoms with Crippen LogP contribution in [0.2, 0.25) is 0 Å². The largest absolute Gasteiger partial charge is 0.358 e. The molecule has 2 heterocycles. The van der Waals surface area contributed by atoms with Crippen LogP contribution in [0.15, 0.2) is 12.3 Å². The molecule has 2 amide bonds. The second-order valence-corrected chi connectivity index (χ2v) is 3.56. The Morgan fingerprint density at radius 3 is 3.00 bits per heavy atom. The average Bonchev–Trinajstić information content (AvgIpc) is 2.33. The Kier molecular flexibility index (Phi) is 3.15. The minimum atomic E-state index is -0.465. The molecule has 1 unspecified atom stereocenters. The molecule has 5 N–H and O–H groups in total. The van der Waals surface area contributed by atoms with Gasteiger partial charge in [0.2, 0.25) is 17.8 Å². The van der Waals surface area contributed by atoms with E-state index in [1.54, 1.807) is 6.07 Å². The maximum absolute atomic E-state index is 11.5. The molecule has 1 aliphatic rings. The first-order chi connectivity index (χ1) is 8.19. The van der Waals surface area contributed by atoms with E-state index in [0.29, 0.717) is 18.7 Å². The van der Waals surface area contributed by atoms with Crippen molar-refractivity contribution in [2.75, 3.05) is 10.7 Å². The Morgan fingerprint density at radius 2 is 2.29 bits per heavy atom. The number of piperidine rings is 1. The number of carbonyl (C=O) groups is 2. The lowest BCUT2D eigenvalue weighted by Gasteiger charge is -2.22. The van der Waals surface area contributed by atoms with E-state index >= 15 is 0 Å². The number of imide groups is 1. The molecule has 1 saturated heterocycles. The summed E-state index contributed by atoms with van der Waals surface area (Å²) >= 11 is 0. The normalized spacial score (nSPS) is 19.7. The summed E-state index contributed by atoms with van der Waals surface area (Å²) in [5.41, 5.74) is 2.31. The van der Waals surface area contributed by atoms with Crippen LogP contribution in [0.3, 0.4) is 0 Å². The number of hydrazine groups is 1. The van der Waals surface area contributed by atoms with Gasteiger partial charge in [-0.3, -0.25) is 20.3 Å². The maximum Gasteiger partial charge on any atom is 0.249 e. The molecule has 1 aromatic heterocycles. The predicted molar refractivity (Wildman–Crippen MR) is 59.6 cm³/mol. The number of nitrogens with zero attached hydrogens (tertiary/aromatic N) is 2. The Balaban J connectivity index is 2.05. The Morgan fingerprint density at radius 1 is 1.47 bits per heavy atom. The van der Waals surface area contributed by atoms with Gasteiger partial charge in [-0.05, 0) is 12.5 Å². The zero-order valence-corrected chi connectivity index (χ0v) is 8.93. The van der Waals surface area contributed by atoms with Gasteiger partial charge in [0.1, 0.15) is 11.9 Å². The van der Waals surface area contributed by atoms with Gasteiger partial charge in [-0.15, -0.1) is 0 Å². The van der Waals surface area contributed by atoms with Crippen LogP contribution in [0.1, 0.15) is 12.8 Å². The number of anilines is 2. The fraction of sp³-hybridized carbons (Fsp3) is 0.333. The third-order valence-corrected chi connectivity index (χ3v) is 2.35. The lowest BCUT2D eigenvalue weighted by molar-refractivity contribution is -0.133. The predicted octanol–water partition coefficient (Wildman–Crippen LogP) is -1.02. The summed E-state index contributed by atoms with van der Waals surface area (Å²) in [7, 11) is 0.